The Morgan fingerprint density at radius 3 is 2.81 bits per heavy atom. The van der Waals surface area contributed by atoms with Crippen molar-refractivity contribution < 1.29 is 14.3 Å². The molecular weight excluding hydrogens is 362 g/mol. The van der Waals surface area contributed by atoms with Crippen LogP contribution in [0.2, 0.25) is 0 Å². The number of hydrogen-bond acceptors (Lipinski definition) is 6. The zero-order valence-electron chi connectivity index (χ0n) is 16.0. The Morgan fingerprint density at radius 2 is 2.07 bits per heavy atom. The van der Waals surface area contributed by atoms with Crippen molar-refractivity contribution in [3.8, 4) is 5.75 Å². The second kappa shape index (κ2) is 6.34. The molecule has 1 amide bonds. The average Bonchev–Trinajstić information content (AvgIpc) is 3.02. The second-order valence-electron chi connectivity index (χ2n) is 8.10. The van der Waals surface area contributed by atoms with Crippen molar-refractivity contribution in [2.75, 3.05) is 32.1 Å². The number of Topliss-reactive ketones (excluding diaryl/α,β-unsaturated/α-hetero) is 1. The van der Waals surface area contributed by atoms with E-state index in [1.165, 1.54) is 11.3 Å². The first-order chi connectivity index (χ1) is 12.7. The molecule has 0 saturated carbocycles. The molecule has 27 heavy (non-hydrogen) atoms. The van der Waals surface area contributed by atoms with Gasteiger partial charge in [-0.3, -0.25) is 9.59 Å². The van der Waals surface area contributed by atoms with Crippen molar-refractivity contribution >= 4 is 33.8 Å². The van der Waals surface area contributed by atoms with E-state index in [1.54, 1.807) is 25.1 Å². The smallest absolute Gasteiger partial charge is 0.253 e. The fraction of sp³-hybridized carbons (Fsp3) is 0.450. The monoisotopic (exact) mass is 385 g/mol. The number of ether oxygens (including phenoxy) is 1. The third kappa shape index (κ3) is 3.20. The Labute approximate surface area is 162 Å². The summed E-state index contributed by atoms with van der Waals surface area (Å²) in [7, 11) is 3.46. The number of fused-ring (bicyclic) bond motifs is 2. The number of rotatable bonds is 2. The fourth-order valence-electron chi connectivity index (χ4n) is 3.63. The molecule has 2 aliphatic rings. The molecule has 1 aromatic carbocycles. The first-order valence-corrected chi connectivity index (χ1v) is 9.86. The van der Waals surface area contributed by atoms with Crippen LogP contribution in [0.1, 0.15) is 46.0 Å². The molecule has 7 heteroatoms. The van der Waals surface area contributed by atoms with Crippen molar-refractivity contribution in [3.63, 3.8) is 0 Å². The highest BCUT2D eigenvalue weighted by molar-refractivity contribution is 7.17. The van der Waals surface area contributed by atoms with Crippen LogP contribution in [0.25, 0.3) is 0 Å². The van der Waals surface area contributed by atoms with Crippen LogP contribution in [0, 0.1) is 5.41 Å². The van der Waals surface area contributed by atoms with Crippen molar-refractivity contribution in [1.29, 1.82) is 0 Å². The molecule has 2 aromatic rings. The molecule has 4 rings (SSSR count). The molecule has 1 aliphatic heterocycles. The van der Waals surface area contributed by atoms with Gasteiger partial charge in [0.15, 0.2) is 10.9 Å². The third-order valence-corrected chi connectivity index (χ3v) is 6.09. The van der Waals surface area contributed by atoms with Gasteiger partial charge in [0, 0.05) is 26.1 Å². The van der Waals surface area contributed by atoms with Gasteiger partial charge < -0.3 is 14.5 Å². The zero-order chi connectivity index (χ0) is 19.3. The number of nitrogens with zero attached hydrogens (tertiary/aromatic N) is 3. The van der Waals surface area contributed by atoms with Crippen LogP contribution in [0.15, 0.2) is 18.2 Å². The van der Waals surface area contributed by atoms with Gasteiger partial charge in [-0.15, -0.1) is 0 Å². The minimum Gasteiger partial charge on any atom is -0.490 e. The number of ketones is 1. The van der Waals surface area contributed by atoms with Gasteiger partial charge in [0.2, 0.25) is 0 Å². The first kappa shape index (κ1) is 18.0. The Kier molecular flexibility index (Phi) is 4.22. The summed E-state index contributed by atoms with van der Waals surface area (Å²) in [6.45, 7) is 5.40. The van der Waals surface area contributed by atoms with Gasteiger partial charge in [0.25, 0.3) is 5.91 Å². The molecule has 0 unspecified atom stereocenters. The Hall–Kier alpha value is -2.41. The van der Waals surface area contributed by atoms with E-state index in [-0.39, 0.29) is 17.1 Å². The summed E-state index contributed by atoms with van der Waals surface area (Å²) in [5.74, 6) is 0.801. The maximum absolute atomic E-state index is 12.5. The van der Waals surface area contributed by atoms with Gasteiger partial charge in [-0.05, 0) is 30.0 Å². The molecule has 0 fully saturated rings. The van der Waals surface area contributed by atoms with E-state index in [2.05, 4.69) is 18.7 Å². The van der Waals surface area contributed by atoms with Crippen molar-refractivity contribution in [1.82, 2.24) is 9.88 Å². The van der Waals surface area contributed by atoms with E-state index in [1.807, 2.05) is 12.1 Å². The van der Waals surface area contributed by atoms with E-state index in [4.69, 9.17) is 9.72 Å². The normalized spacial score (nSPS) is 17.8. The number of hydrogen-bond donors (Lipinski definition) is 0. The van der Waals surface area contributed by atoms with Crippen LogP contribution in [0.3, 0.4) is 0 Å². The van der Waals surface area contributed by atoms with Gasteiger partial charge >= 0.3 is 0 Å². The molecule has 0 radical (unpaired) electrons. The number of benzene rings is 1. The van der Waals surface area contributed by atoms with Gasteiger partial charge in [-0.1, -0.05) is 25.2 Å². The summed E-state index contributed by atoms with van der Waals surface area (Å²) in [5.41, 5.74) is 2.34. The summed E-state index contributed by atoms with van der Waals surface area (Å²) < 4.78 is 5.80. The lowest BCUT2D eigenvalue weighted by Gasteiger charge is -2.29. The molecule has 0 atom stereocenters. The molecule has 0 spiro atoms. The van der Waals surface area contributed by atoms with Gasteiger partial charge in [0.05, 0.1) is 22.8 Å². The van der Waals surface area contributed by atoms with Gasteiger partial charge in [0.1, 0.15) is 12.4 Å². The molecule has 6 nitrogen and oxygen atoms in total. The minimum absolute atomic E-state index is 0.0419. The Morgan fingerprint density at radius 1 is 1.30 bits per heavy atom. The van der Waals surface area contributed by atoms with Crippen LogP contribution in [0.5, 0.6) is 5.75 Å². The van der Waals surface area contributed by atoms with E-state index in [0.29, 0.717) is 30.9 Å². The van der Waals surface area contributed by atoms with E-state index >= 15 is 0 Å². The summed E-state index contributed by atoms with van der Waals surface area (Å²) in [4.78, 5) is 34.0. The molecule has 0 N–H and O–H groups in total. The van der Waals surface area contributed by atoms with Crippen LogP contribution in [0.4, 0.5) is 10.8 Å². The summed E-state index contributed by atoms with van der Waals surface area (Å²) in [5, 5.41) is 0.822. The van der Waals surface area contributed by atoms with Crippen LogP contribution < -0.4 is 9.64 Å². The van der Waals surface area contributed by atoms with E-state index in [9.17, 15) is 9.59 Å². The number of carbonyl (C=O) groups is 2. The second-order valence-corrected chi connectivity index (χ2v) is 9.07. The van der Waals surface area contributed by atoms with Crippen LogP contribution >= 0.6 is 11.3 Å². The highest BCUT2D eigenvalue weighted by atomic mass is 32.1. The number of thiazole rings is 1. The highest BCUT2D eigenvalue weighted by Crippen LogP contribution is 2.43. The van der Waals surface area contributed by atoms with Crippen molar-refractivity contribution in [2.24, 2.45) is 5.41 Å². The standard InChI is InChI=1S/C20H23N3O3S/c1-20(2)10-13-17(15(24)11-20)27-19(21-13)23-7-8-26-16-9-12(5-6-14(16)23)18(25)22(3)4/h5-6,9H,7-8,10-11H2,1-4H3. The maximum Gasteiger partial charge on any atom is 0.253 e. The first-order valence-electron chi connectivity index (χ1n) is 9.04. The molecule has 1 aromatic heterocycles. The van der Waals surface area contributed by atoms with Gasteiger partial charge in [-0.2, -0.15) is 0 Å². The number of anilines is 2. The summed E-state index contributed by atoms with van der Waals surface area (Å²) >= 11 is 1.46. The van der Waals surface area contributed by atoms with Crippen molar-refractivity contribution in [3.05, 3.63) is 34.3 Å². The quantitative estimate of drug-likeness (QED) is 0.791. The van der Waals surface area contributed by atoms with Crippen molar-refractivity contribution in [2.45, 2.75) is 26.7 Å². The van der Waals surface area contributed by atoms with E-state index in [0.717, 1.165) is 27.8 Å². The minimum atomic E-state index is -0.0592. The third-order valence-electron chi connectivity index (χ3n) is 4.93. The van der Waals surface area contributed by atoms with Crippen LogP contribution in [-0.2, 0) is 6.42 Å². The molecule has 142 valence electrons. The molecule has 0 bridgehead atoms. The average molecular weight is 385 g/mol. The predicted octanol–water partition coefficient (Wildman–Crippen LogP) is 3.53. The lowest BCUT2D eigenvalue weighted by molar-refractivity contribution is 0.0826. The molecule has 1 aliphatic carbocycles. The SMILES string of the molecule is CN(C)C(=O)c1ccc2c(c1)OCCN2c1nc2c(s1)C(=O)CC(C)(C)C2. The topological polar surface area (TPSA) is 62.7 Å². The number of amides is 1. The van der Waals surface area contributed by atoms with Gasteiger partial charge in [-0.25, -0.2) is 4.98 Å². The number of aromatic nitrogens is 1. The predicted molar refractivity (Wildman–Crippen MR) is 106 cm³/mol. The maximum atomic E-state index is 12.5. The summed E-state index contributed by atoms with van der Waals surface area (Å²) in [6, 6.07) is 5.49. The van der Waals surface area contributed by atoms with Crippen LogP contribution in [-0.4, -0.2) is 48.8 Å². The summed E-state index contributed by atoms with van der Waals surface area (Å²) in [6.07, 6.45) is 1.38. The Bertz CT molecular complexity index is 933. The largest absolute Gasteiger partial charge is 0.490 e. The molecule has 2 heterocycles. The highest BCUT2D eigenvalue weighted by Gasteiger charge is 2.35. The number of carbonyl (C=O) groups excluding carboxylic acids is 2. The molecular formula is C20H23N3O3S. The fourth-order valence-corrected chi connectivity index (χ4v) is 4.69. The van der Waals surface area contributed by atoms with E-state index < -0.39 is 0 Å². The zero-order valence-corrected chi connectivity index (χ0v) is 16.9. The lowest BCUT2D eigenvalue weighted by atomic mass is 9.78. The molecule has 0 saturated heterocycles. The Balaban J connectivity index is 1.70. The lowest BCUT2D eigenvalue weighted by Crippen LogP contribution is -2.29.